The number of aryl methyl sites for hydroxylation is 1. The molecule has 0 amide bonds. The summed E-state index contributed by atoms with van der Waals surface area (Å²) in [6.07, 6.45) is 7.02. The second kappa shape index (κ2) is 5.40. The minimum Gasteiger partial charge on any atom is -0.393 e. The molecule has 0 unspecified atom stereocenters. The van der Waals surface area contributed by atoms with Crippen molar-refractivity contribution in [2.75, 3.05) is 18.5 Å². The standard InChI is InChI=1S/C12H18N4S/c1-16(7-6-11(13)17)12-9-4-2-3-5-10(9)14-8-15-12/h8H,2-7H2,1H3,(H2,13,17). The van der Waals surface area contributed by atoms with Gasteiger partial charge in [-0.1, -0.05) is 12.2 Å². The number of rotatable bonds is 4. The lowest BCUT2D eigenvalue weighted by Crippen LogP contribution is -2.26. The molecular weight excluding hydrogens is 232 g/mol. The number of thiocarbonyl (C=S) groups is 1. The molecule has 0 radical (unpaired) electrons. The van der Waals surface area contributed by atoms with Gasteiger partial charge in [0.2, 0.25) is 0 Å². The van der Waals surface area contributed by atoms with Gasteiger partial charge in [-0.3, -0.25) is 0 Å². The zero-order valence-electron chi connectivity index (χ0n) is 10.1. The summed E-state index contributed by atoms with van der Waals surface area (Å²) >= 11 is 4.90. The Morgan fingerprint density at radius 2 is 2.18 bits per heavy atom. The molecule has 0 saturated carbocycles. The Labute approximate surface area is 107 Å². The van der Waals surface area contributed by atoms with Crippen molar-refractivity contribution >= 4 is 23.0 Å². The number of nitrogens with two attached hydrogens (primary N) is 1. The molecule has 1 heterocycles. The molecule has 1 aliphatic rings. The first kappa shape index (κ1) is 12.2. The number of fused-ring (bicyclic) bond motifs is 1. The lowest BCUT2D eigenvalue weighted by atomic mass is 9.96. The Kier molecular flexibility index (Phi) is 3.89. The van der Waals surface area contributed by atoms with Crippen LogP contribution in [0.1, 0.15) is 30.5 Å². The molecule has 0 bridgehead atoms. The minimum absolute atomic E-state index is 0.555. The van der Waals surface area contributed by atoms with Crippen molar-refractivity contribution in [2.45, 2.75) is 32.1 Å². The topological polar surface area (TPSA) is 55.0 Å². The first-order chi connectivity index (χ1) is 8.18. The van der Waals surface area contributed by atoms with Gasteiger partial charge in [0, 0.05) is 31.3 Å². The van der Waals surface area contributed by atoms with Gasteiger partial charge in [-0.2, -0.15) is 0 Å². The summed E-state index contributed by atoms with van der Waals surface area (Å²) in [6.45, 7) is 0.818. The van der Waals surface area contributed by atoms with Gasteiger partial charge in [-0.15, -0.1) is 0 Å². The summed E-state index contributed by atoms with van der Waals surface area (Å²) in [4.78, 5) is 11.5. The first-order valence-electron chi connectivity index (χ1n) is 6.00. The van der Waals surface area contributed by atoms with E-state index in [9.17, 15) is 0 Å². The van der Waals surface area contributed by atoms with Gasteiger partial charge in [0.15, 0.2) is 0 Å². The van der Waals surface area contributed by atoms with Crippen molar-refractivity contribution in [3.63, 3.8) is 0 Å². The second-order valence-corrected chi connectivity index (χ2v) is 4.99. The van der Waals surface area contributed by atoms with Gasteiger partial charge in [0.25, 0.3) is 0 Å². The van der Waals surface area contributed by atoms with Crippen molar-refractivity contribution in [2.24, 2.45) is 5.73 Å². The molecule has 1 aromatic heterocycles. The molecule has 0 aliphatic heterocycles. The maximum Gasteiger partial charge on any atom is 0.135 e. The second-order valence-electron chi connectivity index (χ2n) is 4.47. The van der Waals surface area contributed by atoms with Crippen LogP contribution in [0, 0.1) is 0 Å². The fourth-order valence-corrected chi connectivity index (χ4v) is 2.31. The van der Waals surface area contributed by atoms with E-state index in [0.717, 1.165) is 31.6 Å². The van der Waals surface area contributed by atoms with Crippen LogP contribution in [-0.2, 0) is 12.8 Å². The van der Waals surface area contributed by atoms with Crippen molar-refractivity contribution in [3.8, 4) is 0 Å². The van der Waals surface area contributed by atoms with Crippen molar-refractivity contribution < 1.29 is 0 Å². The summed E-state index contributed by atoms with van der Waals surface area (Å²) in [5, 5.41) is 0. The normalized spacial score (nSPS) is 14.2. The molecular formula is C12H18N4S. The van der Waals surface area contributed by atoms with E-state index in [1.54, 1.807) is 6.33 Å². The highest BCUT2D eigenvalue weighted by Gasteiger charge is 2.17. The van der Waals surface area contributed by atoms with E-state index in [4.69, 9.17) is 18.0 Å². The number of hydrogen-bond acceptors (Lipinski definition) is 4. The molecule has 4 nitrogen and oxygen atoms in total. The van der Waals surface area contributed by atoms with Gasteiger partial charge in [0.1, 0.15) is 12.1 Å². The van der Waals surface area contributed by atoms with Crippen LogP contribution in [-0.4, -0.2) is 28.5 Å². The lowest BCUT2D eigenvalue weighted by molar-refractivity contribution is 0.658. The predicted octanol–water partition coefficient (Wildman–Crippen LogP) is 1.47. The highest BCUT2D eigenvalue weighted by Crippen LogP contribution is 2.26. The molecule has 1 aliphatic carbocycles. The molecule has 0 saturated heterocycles. The maximum absolute atomic E-state index is 5.53. The van der Waals surface area contributed by atoms with Crippen LogP contribution in [0.5, 0.6) is 0 Å². The predicted molar refractivity (Wildman–Crippen MR) is 73.3 cm³/mol. The molecule has 1 aromatic rings. The van der Waals surface area contributed by atoms with Crippen molar-refractivity contribution in [1.29, 1.82) is 0 Å². The monoisotopic (exact) mass is 250 g/mol. The van der Waals surface area contributed by atoms with Crippen LogP contribution in [0.2, 0.25) is 0 Å². The van der Waals surface area contributed by atoms with E-state index >= 15 is 0 Å². The van der Waals surface area contributed by atoms with Gasteiger partial charge in [-0.05, 0) is 25.7 Å². The molecule has 2 N–H and O–H groups in total. The van der Waals surface area contributed by atoms with E-state index in [0.29, 0.717) is 4.99 Å². The van der Waals surface area contributed by atoms with Crippen molar-refractivity contribution in [3.05, 3.63) is 17.6 Å². The van der Waals surface area contributed by atoms with Crippen LogP contribution >= 0.6 is 12.2 Å². The fourth-order valence-electron chi connectivity index (χ4n) is 2.22. The highest BCUT2D eigenvalue weighted by atomic mass is 32.1. The van der Waals surface area contributed by atoms with E-state index in [1.807, 2.05) is 7.05 Å². The van der Waals surface area contributed by atoms with E-state index in [-0.39, 0.29) is 0 Å². The van der Waals surface area contributed by atoms with Gasteiger partial charge >= 0.3 is 0 Å². The molecule has 2 rings (SSSR count). The summed E-state index contributed by atoms with van der Waals surface area (Å²) < 4.78 is 0. The van der Waals surface area contributed by atoms with Crippen molar-refractivity contribution in [1.82, 2.24) is 9.97 Å². The quantitative estimate of drug-likeness (QED) is 0.820. The highest BCUT2D eigenvalue weighted by molar-refractivity contribution is 7.80. The number of nitrogens with zero attached hydrogens (tertiary/aromatic N) is 3. The summed E-state index contributed by atoms with van der Waals surface area (Å²) in [6, 6.07) is 0. The Morgan fingerprint density at radius 3 is 2.94 bits per heavy atom. The van der Waals surface area contributed by atoms with E-state index < -0.39 is 0 Å². The number of anilines is 1. The Hall–Kier alpha value is -1.23. The van der Waals surface area contributed by atoms with Crippen LogP contribution in [0.4, 0.5) is 5.82 Å². The number of hydrogen-bond donors (Lipinski definition) is 1. The average molecular weight is 250 g/mol. The number of aromatic nitrogens is 2. The molecule has 0 fully saturated rings. The fraction of sp³-hybridized carbons (Fsp3) is 0.583. The third-order valence-corrected chi connectivity index (χ3v) is 3.36. The summed E-state index contributed by atoms with van der Waals surface area (Å²) in [7, 11) is 2.04. The first-order valence-corrected chi connectivity index (χ1v) is 6.41. The summed E-state index contributed by atoms with van der Waals surface area (Å²) in [5.41, 5.74) is 8.05. The van der Waals surface area contributed by atoms with Crippen LogP contribution < -0.4 is 10.6 Å². The SMILES string of the molecule is CN(CCC(N)=S)c1ncnc2c1CCCC2. The average Bonchev–Trinajstić information content (AvgIpc) is 2.35. The van der Waals surface area contributed by atoms with E-state index in [1.165, 1.54) is 24.1 Å². The molecule has 92 valence electrons. The Bertz CT molecular complexity index is 419. The Morgan fingerprint density at radius 1 is 1.41 bits per heavy atom. The summed E-state index contributed by atoms with van der Waals surface area (Å²) in [5.74, 6) is 1.05. The third kappa shape index (κ3) is 2.91. The van der Waals surface area contributed by atoms with Crippen LogP contribution in [0.3, 0.4) is 0 Å². The largest absolute Gasteiger partial charge is 0.393 e. The van der Waals surface area contributed by atoms with Crippen LogP contribution in [0.25, 0.3) is 0 Å². The van der Waals surface area contributed by atoms with Gasteiger partial charge in [-0.25, -0.2) is 9.97 Å². The molecule has 5 heteroatoms. The molecule has 0 spiro atoms. The van der Waals surface area contributed by atoms with E-state index in [2.05, 4.69) is 14.9 Å². The Balaban J connectivity index is 2.17. The van der Waals surface area contributed by atoms with Crippen LogP contribution in [0.15, 0.2) is 6.33 Å². The van der Waals surface area contributed by atoms with Gasteiger partial charge in [0.05, 0.1) is 4.99 Å². The maximum atomic E-state index is 5.53. The zero-order chi connectivity index (χ0) is 12.3. The van der Waals surface area contributed by atoms with Gasteiger partial charge < -0.3 is 10.6 Å². The zero-order valence-corrected chi connectivity index (χ0v) is 11.0. The third-order valence-electron chi connectivity index (χ3n) is 3.16. The molecule has 17 heavy (non-hydrogen) atoms. The minimum atomic E-state index is 0.555. The smallest absolute Gasteiger partial charge is 0.135 e. The molecule has 0 atom stereocenters. The molecule has 0 aromatic carbocycles. The lowest BCUT2D eigenvalue weighted by Gasteiger charge is -2.24.